The van der Waals surface area contributed by atoms with Crippen LogP contribution in [0.3, 0.4) is 0 Å². The van der Waals surface area contributed by atoms with Gasteiger partial charge in [0.15, 0.2) is 0 Å². The zero-order valence-electron chi connectivity index (χ0n) is 10.6. The van der Waals surface area contributed by atoms with Crippen molar-refractivity contribution in [3.63, 3.8) is 0 Å². The lowest BCUT2D eigenvalue weighted by Gasteiger charge is -2.24. The Hall–Kier alpha value is -1.83. The fourth-order valence-electron chi connectivity index (χ4n) is 2.02. The summed E-state index contributed by atoms with van der Waals surface area (Å²) in [4.78, 5) is 2.21. The molecule has 1 aliphatic rings. The molecule has 0 N–H and O–H groups in total. The first kappa shape index (κ1) is 12.6. The number of halogens is 1. The lowest BCUT2D eigenvalue weighted by Crippen LogP contribution is -2.26. The van der Waals surface area contributed by atoms with Gasteiger partial charge in [0.1, 0.15) is 5.82 Å². The van der Waals surface area contributed by atoms with Gasteiger partial charge in [-0.05, 0) is 37.1 Å². The van der Waals surface area contributed by atoms with Gasteiger partial charge in [-0.25, -0.2) is 4.39 Å². The highest BCUT2D eigenvalue weighted by Crippen LogP contribution is 2.18. The minimum atomic E-state index is -0.180. The Balaban J connectivity index is 2.25. The molecule has 0 bridgehead atoms. The highest BCUT2D eigenvalue weighted by Gasteiger charge is 2.08. The summed E-state index contributed by atoms with van der Waals surface area (Å²) in [5, 5.41) is 0. The minimum absolute atomic E-state index is 0.180. The molecule has 18 heavy (non-hydrogen) atoms. The predicted octanol–water partition coefficient (Wildman–Crippen LogP) is 4.09. The number of hydrogen-bond acceptors (Lipinski definition) is 1. The van der Waals surface area contributed by atoms with Crippen LogP contribution in [0.25, 0.3) is 0 Å². The van der Waals surface area contributed by atoms with Crippen molar-refractivity contribution in [3.05, 3.63) is 66.0 Å². The van der Waals surface area contributed by atoms with Gasteiger partial charge in [0.05, 0.1) is 0 Å². The number of allylic oxidation sites excluding steroid dienone is 3. The van der Waals surface area contributed by atoms with Crippen LogP contribution in [0.2, 0.25) is 0 Å². The molecule has 0 radical (unpaired) electrons. The van der Waals surface area contributed by atoms with Gasteiger partial charge in [-0.1, -0.05) is 36.4 Å². The Morgan fingerprint density at radius 3 is 2.94 bits per heavy atom. The van der Waals surface area contributed by atoms with Gasteiger partial charge in [-0.3, -0.25) is 0 Å². The predicted molar refractivity (Wildman–Crippen MR) is 75.3 cm³/mol. The molecular formula is C16H18FN. The van der Waals surface area contributed by atoms with E-state index in [0.29, 0.717) is 0 Å². The molecule has 2 rings (SSSR count). The van der Waals surface area contributed by atoms with Crippen molar-refractivity contribution in [3.8, 4) is 0 Å². The molecule has 1 aromatic rings. The number of anilines is 1. The van der Waals surface area contributed by atoms with E-state index in [1.807, 2.05) is 13.0 Å². The molecule has 0 saturated heterocycles. The molecule has 1 aromatic carbocycles. The van der Waals surface area contributed by atoms with E-state index < -0.39 is 0 Å². The zero-order valence-corrected chi connectivity index (χ0v) is 10.6. The molecule has 0 saturated carbocycles. The van der Waals surface area contributed by atoms with Crippen LogP contribution in [-0.4, -0.2) is 13.1 Å². The molecule has 0 spiro atoms. The van der Waals surface area contributed by atoms with Crippen molar-refractivity contribution in [1.82, 2.24) is 0 Å². The summed E-state index contributed by atoms with van der Waals surface area (Å²) in [7, 11) is 0. The van der Waals surface area contributed by atoms with Gasteiger partial charge < -0.3 is 4.90 Å². The monoisotopic (exact) mass is 243 g/mol. The van der Waals surface area contributed by atoms with Crippen LogP contribution >= 0.6 is 0 Å². The molecule has 0 fully saturated rings. The number of rotatable bonds is 1. The first-order valence-electron chi connectivity index (χ1n) is 6.28. The summed E-state index contributed by atoms with van der Waals surface area (Å²) in [5.41, 5.74) is 2.18. The lowest BCUT2D eigenvalue weighted by molar-refractivity contribution is 0.626. The Morgan fingerprint density at radius 1 is 1.28 bits per heavy atom. The summed E-state index contributed by atoms with van der Waals surface area (Å²) in [6.07, 6.45) is 11.4. The van der Waals surface area contributed by atoms with E-state index in [1.165, 1.54) is 11.6 Å². The first-order valence-corrected chi connectivity index (χ1v) is 6.28. The molecular weight excluding hydrogens is 225 g/mol. The largest absolute Gasteiger partial charge is 0.367 e. The van der Waals surface area contributed by atoms with E-state index in [9.17, 15) is 4.39 Å². The standard InChI is InChI=1S/C16H18FN/c1-2-14-8-5-3-4-6-11-18(13-14)16-10-7-9-15(17)12-16/h2-5,7-10,12H,6,11,13H2,1H3/b4-3-,8-5-,14-2-. The van der Waals surface area contributed by atoms with E-state index in [1.54, 1.807) is 12.1 Å². The van der Waals surface area contributed by atoms with Crippen molar-refractivity contribution < 1.29 is 4.39 Å². The van der Waals surface area contributed by atoms with Gasteiger partial charge in [0, 0.05) is 18.8 Å². The Bertz CT molecular complexity index is 486. The van der Waals surface area contributed by atoms with Crippen LogP contribution in [0.15, 0.2) is 60.2 Å². The van der Waals surface area contributed by atoms with Gasteiger partial charge in [-0.2, -0.15) is 0 Å². The maximum atomic E-state index is 13.3. The van der Waals surface area contributed by atoms with Gasteiger partial charge in [-0.15, -0.1) is 0 Å². The third-order valence-corrected chi connectivity index (χ3v) is 3.04. The third kappa shape index (κ3) is 3.33. The second-order valence-corrected chi connectivity index (χ2v) is 4.34. The number of hydrogen-bond donors (Lipinski definition) is 0. The Kier molecular flexibility index (Phi) is 4.35. The molecule has 1 heterocycles. The molecule has 0 aliphatic carbocycles. The number of benzene rings is 1. The van der Waals surface area contributed by atoms with Crippen LogP contribution in [0, 0.1) is 5.82 Å². The molecule has 0 unspecified atom stereocenters. The number of nitrogens with zero attached hydrogens (tertiary/aromatic N) is 1. The van der Waals surface area contributed by atoms with E-state index in [2.05, 4.69) is 35.3 Å². The third-order valence-electron chi connectivity index (χ3n) is 3.04. The van der Waals surface area contributed by atoms with E-state index in [0.717, 1.165) is 25.2 Å². The molecule has 1 nitrogen and oxygen atoms in total. The quantitative estimate of drug-likeness (QED) is 0.718. The normalized spacial score (nSPS) is 22.1. The maximum Gasteiger partial charge on any atom is 0.125 e. The Morgan fingerprint density at radius 2 is 2.17 bits per heavy atom. The molecule has 1 aliphatic heterocycles. The molecule has 0 amide bonds. The summed E-state index contributed by atoms with van der Waals surface area (Å²) in [5.74, 6) is -0.180. The van der Waals surface area contributed by atoms with Crippen molar-refractivity contribution in [2.45, 2.75) is 13.3 Å². The summed E-state index contributed by atoms with van der Waals surface area (Å²) >= 11 is 0. The molecule has 94 valence electrons. The minimum Gasteiger partial charge on any atom is -0.367 e. The Labute approximate surface area is 108 Å². The van der Waals surface area contributed by atoms with Crippen molar-refractivity contribution in [2.75, 3.05) is 18.0 Å². The molecule has 0 aromatic heterocycles. The highest BCUT2D eigenvalue weighted by molar-refractivity contribution is 5.49. The lowest BCUT2D eigenvalue weighted by atomic mass is 10.2. The smallest absolute Gasteiger partial charge is 0.125 e. The second-order valence-electron chi connectivity index (χ2n) is 4.34. The topological polar surface area (TPSA) is 3.24 Å². The highest BCUT2D eigenvalue weighted by atomic mass is 19.1. The van der Waals surface area contributed by atoms with Crippen LogP contribution in [0.5, 0.6) is 0 Å². The van der Waals surface area contributed by atoms with E-state index in [4.69, 9.17) is 0 Å². The first-order chi connectivity index (χ1) is 8.79. The average molecular weight is 243 g/mol. The maximum absolute atomic E-state index is 13.3. The van der Waals surface area contributed by atoms with Crippen molar-refractivity contribution in [2.24, 2.45) is 0 Å². The van der Waals surface area contributed by atoms with Gasteiger partial charge in [0.2, 0.25) is 0 Å². The SMILES string of the molecule is C/C=C1/C=C\C=C/CCN(c2cccc(F)c2)C1. The van der Waals surface area contributed by atoms with E-state index >= 15 is 0 Å². The average Bonchev–Trinajstić information content (AvgIpc) is 2.50. The fourth-order valence-corrected chi connectivity index (χ4v) is 2.02. The fraction of sp³-hybridized carbons (Fsp3) is 0.250. The van der Waals surface area contributed by atoms with Gasteiger partial charge in [0.25, 0.3) is 0 Å². The van der Waals surface area contributed by atoms with E-state index in [-0.39, 0.29) is 5.82 Å². The molecule has 0 atom stereocenters. The van der Waals surface area contributed by atoms with Crippen LogP contribution in [-0.2, 0) is 0 Å². The summed E-state index contributed by atoms with van der Waals surface area (Å²) < 4.78 is 13.3. The van der Waals surface area contributed by atoms with Crippen molar-refractivity contribution in [1.29, 1.82) is 0 Å². The van der Waals surface area contributed by atoms with Crippen molar-refractivity contribution >= 4 is 5.69 Å². The van der Waals surface area contributed by atoms with Crippen LogP contribution in [0.4, 0.5) is 10.1 Å². The molecule has 2 heteroatoms. The van der Waals surface area contributed by atoms with Gasteiger partial charge >= 0.3 is 0 Å². The summed E-state index contributed by atoms with van der Waals surface area (Å²) in [6.45, 7) is 3.75. The second kappa shape index (κ2) is 6.20. The summed E-state index contributed by atoms with van der Waals surface area (Å²) in [6, 6.07) is 6.80. The zero-order chi connectivity index (χ0) is 12.8. The van der Waals surface area contributed by atoms with Crippen LogP contribution < -0.4 is 4.90 Å². The van der Waals surface area contributed by atoms with Crippen LogP contribution in [0.1, 0.15) is 13.3 Å².